The van der Waals surface area contributed by atoms with Crippen molar-refractivity contribution >= 4 is 45.5 Å². The lowest BCUT2D eigenvalue weighted by Gasteiger charge is -2.35. The molecule has 0 saturated heterocycles. The lowest BCUT2D eigenvalue weighted by atomic mass is 9.82. The van der Waals surface area contributed by atoms with Crippen LogP contribution in [0.1, 0.15) is 67.8 Å². The second-order valence-corrected chi connectivity index (χ2v) is 11.8. The van der Waals surface area contributed by atoms with Crippen molar-refractivity contribution in [1.82, 2.24) is 35.7 Å². The molecule has 10 nitrogen and oxygen atoms in total. The van der Waals surface area contributed by atoms with Gasteiger partial charge in [0, 0.05) is 59.9 Å². The van der Waals surface area contributed by atoms with Crippen molar-refractivity contribution in [2.75, 3.05) is 13.6 Å². The summed E-state index contributed by atoms with van der Waals surface area (Å²) in [6.45, 7) is 3.48. The van der Waals surface area contributed by atoms with Crippen molar-refractivity contribution < 1.29 is 14.0 Å². The van der Waals surface area contributed by atoms with Crippen LogP contribution < -0.4 is 10.6 Å². The van der Waals surface area contributed by atoms with Gasteiger partial charge in [-0.3, -0.25) is 14.6 Å². The molecule has 4 heterocycles. The zero-order valence-electron chi connectivity index (χ0n) is 21.6. The largest absolute Gasteiger partial charge is 0.425 e. The van der Waals surface area contributed by atoms with E-state index in [4.69, 9.17) is 16.0 Å². The van der Waals surface area contributed by atoms with Crippen LogP contribution in [-0.4, -0.2) is 62.6 Å². The Kier molecular flexibility index (Phi) is 7.05. The summed E-state index contributed by atoms with van der Waals surface area (Å²) in [6, 6.07) is 6.55. The van der Waals surface area contributed by atoms with Crippen LogP contribution in [0.5, 0.6) is 0 Å². The number of carbonyl (C=O) groups is 2. The van der Waals surface area contributed by atoms with E-state index in [0.29, 0.717) is 40.3 Å². The normalized spacial score (nSPS) is 21.5. The number of likely N-dealkylation sites (N-methyl/N-ethyl adjacent to an activating group) is 1. The quantitative estimate of drug-likeness (QED) is 0.373. The number of nitrogens with one attached hydrogen (secondary N) is 2. The van der Waals surface area contributed by atoms with Crippen LogP contribution in [0, 0.1) is 6.92 Å². The highest BCUT2D eigenvalue weighted by atomic mass is 35.5. The first-order valence-electron chi connectivity index (χ1n) is 13.0. The molecule has 2 aliphatic rings. The minimum absolute atomic E-state index is 0.0219. The van der Waals surface area contributed by atoms with Crippen LogP contribution in [0.2, 0.25) is 5.02 Å². The number of thiazole rings is 1. The lowest BCUT2D eigenvalue weighted by molar-refractivity contribution is 0.0850. The minimum atomic E-state index is -0.352. The number of pyridine rings is 1. The Hall–Kier alpha value is -3.41. The minimum Gasteiger partial charge on any atom is -0.425 e. The summed E-state index contributed by atoms with van der Waals surface area (Å²) < 4.78 is 5.70. The first-order chi connectivity index (χ1) is 18.8. The van der Waals surface area contributed by atoms with Gasteiger partial charge in [0.1, 0.15) is 5.69 Å². The molecule has 202 valence electrons. The smallest absolute Gasteiger partial charge is 0.280 e. The molecular formula is C27H28ClN7O3S. The Morgan fingerprint density at radius 2 is 1.95 bits per heavy atom. The Labute approximate surface area is 234 Å². The number of fused-ring (bicyclic) bond motifs is 2. The number of hydrogen-bond donors (Lipinski definition) is 2. The van der Waals surface area contributed by atoms with E-state index in [1.807, 2.05) is 12.1 Å². The highest BCUT2D eigenvalue weighted by molar-refractivity contribution is 7.13. The second kappa shape index (κ2) is 10.6. The number of aryl methyl sites for hydroxylation is 1. The Morgan fingerprint density at radius 3 is 2.77 bits per heavy atom. The number of aromatic nitrogens is 4. The number of halogens is 1. The van der Waals surface area contributed by atoms with Gasteiger partial charge in [-0.25, -0.2) is 4.98 Å². The van der Waals surface area contributed by atoms with Crippen molar-refractivity contribution in [3.8, 4) is 0 Å². The fourth-order valence-electron chi connectivity index (χ4n) is 5.33. The molecule has 1 aromatic carbocycles. The summed E-state index contributed by atoms with van der Waals surface area (Å²) >= 11 is 7.52. The average molecular weight is 566 g/mol. The predicted octanol–water partition coefficient (Wildman–Crippen LogP) is 3.89. The van der Waals surface area contributed by atoms with Crippen molar-refractivity contribution in [3.63, 3.8) is 0 Å². The molecule has 6 rings (SSSR count). The summed E-state index contributed by atoms with van der Waals surface area (Å²) in [5.74, 6) is 0.508. The van der Waals surface area contributed by atoms with Crippen LogP contribution in [0.3, 0.4) is 0 Å². The number of amides is 2. The molecule has 2 amide bonds. The van der Waals surface area contributed by atoms with Crippen LogP contribution >= 0.6 is 22.9 Å². The molecule has 0 unspecified atom stereocenters. The molecule has 1 fully saturated rings. The first kappa shape index (κ1) is 25.8. The van der Waals surface area contributed by atoms with Crippen LogP contribution in [-0.2, 0) is 13.0 Å². The molecular weight excluding hydrogens is 538 g/mol. The lowest BCUT2D eigenvalue weighted by Crippen LogP contribution is -2.54. The highest BCUT2D eigenvalue weighted by Gasteiger charge is 2.36. The van der Waals surface area contributed by atoms with Crippen molar-refractivity contribution in [1.29, 1.82) is 0 Å². The zero-order valence-corrected chi connectivity index (χ0v) is 23.2. The summed E-state index contributed by atoms with van der Waals surface area (Å²) in [4.78, 5) is 39.0. The van der Waals surface area contributed by atoms with E-state index in [9.17, 15) is 9.59 Å². The van der Waals surface area contributed by atoms with E-state index in [-0.39, 0.29) is 29.8 Å². The van der Waals surface area contributed by atoms with Crippen LogP contribution in [0.15, 0.2) is 34.9 Å². The fraction of sp³-hybridized carbons (Fsp3) is 0.407. The maximum Gasteiger partial charge on any atom is 0.280 e. The van der Waals surface area contributed by atoms with E-state index in [1.165, 1.54) is 11.3 Å². The second-order valence-electron chi connectivity index (χ2n) is 10.3. The van der Waals surface area contributed by atoms with Gasteiger partial charge >= 0.3 is 0 Å². The number of benzene rings is 1. The van der Waals surface area contributed by atoms with E-state index < -0.39 is 0 Å². The Balaban J connectivity index is 1.21. The van der Waals surface area contributed by atoms with Crippen molar-refractivity contribution in [2.45, 2.75) is 57.2 Å². The number of hydrogen-bond acceptors (Lipinski definition) is 9. The third kappa shape index (κ3) is 5.52. The monoisotopic (exact) mass is 565 g/mol. The molecule has 3 aromatic heterocycles. The van der Waals surface area contributed by atoms with E-state index in [1.54, 1.807) is 25.3 Å². The topological polar surface area (TPSA) is 126 Å². The van der Waals surface area contributed by atoms with Gasteiger partial charge in [0.15, 0.2) is 5.01 Å². The molecule has 1 saturated carbocycles. The first-order valence-corrected chi connectivity index (χ1v) is 14.2. The Bertz CT molecular complexity index is 1550. The molecule has 0 bridgehead atoms. The van der Waals surface area contributed by atoms with E-state index in [2.05, 4.69) is 42.7 Å². The maximum atomic E-state index is 13.4. The van der Waals surface area contributed by atoms with Gasteiger partial charge in [-0.2, -0.15) is 0 Å². The van der Waals surface area contributed by atoms with Crippen LogP contribution in [0.25, 0.3) is 10.8 Å². The molecule has 0 radical (unpaired) electrons. The van der Waals surface area contributed by atoms with Gasteiger partial charge in [-0.1, -0.05) is 17.7 Å². The number of nitrogens with zero attached hydrogens (tertiary/aromatic N) is 5. The molecule has 0 spiro atoms. The Morgan fingerprint density at radius 1 is 1.10 bits per heavy atom. The van der Waals surface area contributed by atoms with Gasteiger partial charge in [-0.15, -0.1) is 21.5 Å². The third-order valence-corrected chi connectivity index (χ3v) is 8.72. The molecule has 4 aromatic rings. The van der Waals surface area contributed by atoms with Gasteiger partial charge in [0.05, 0.1) is 11.7 Å². The summed E-state index contributed by atoms with van der Waals surface area (Å²) in [6.07, 6.45) is 4.40. The summed E-state index contributed by atoms with van der Waals surface area (Å²) in [5, 5.41) is 17.3. The van der Waals surface area contributed by atoms with Gasteiger partial charge in [0.2, 0.25) is 11.8 Å². The van der Waals surface area contributed by atoms with Gasteiger partial charge < -0.3 is 20.0 Å². The van der Waals surface area contributed by atoms with Crippen molar-refractivity contribution in [3.05, 3.63) is 68.5 Å². The number of rotatable bonds is 5. The maximum absolute atomic E-state index is 13.4. The molecule has 1 aliphatic heterocycles. The predicted molar refractivity (Wildman–Crippen MR) is 147 cm³/mol. The standard InChI is InChI=1S/C27H28ClN7O3S/c1-14-33-34-26(38-14)16-4-6-19(30-24(36)22-10-15-3-5-18(28)9-17(15)12-29-22)21(11-16)31-25(37)27-32-20-7-8-35(2)13-23(20)39-27/h3,5,9-10,12,16,19,21H,4,6-8,11,13H2,1-2H3,(H,30,36)(H,31,37)/t16-,19-,21-/m0/s1. The molecule has 12 heteroatoms. The average Bonchev–Trinajstić information content (AvgIpc) is 3.55. The molecule has 1 aliphatic carbocycles. The zero-order chi connectivity index (χ0) is 27.1. The summed E-state index contributed by atoms with van der Waals surface area (Å²) in [7, 11) is 2.07. The molecule has 3 atom stereocenters. The molecule has 2 N–H and O–H groups in total. The van der Waals surface area contributed by atoms with E-state index in [0.717, 1.165) is 47.3 Å². The summed E-state index contributed by atoms with van der Waals surface area (Å²) in [5.41, 5.74) is 1.31. The SMILES string of the molecule is Cc1nnc([C@H]2CC[C@H](NC(=O)c3cc4ccc(Cl)cc4cn3)[C@@H](NC(=O)c3nc4c(s3)CN(C)CC4)C2)o1. The molecule has 39 heavy (non-hydrogen) atoms. The highest BCUT2D eigenvalue weighted by Crippen LogP contribution is 2.33. The van der Waals surface area contributed by atoms with Crippen LogP contribution in [0.4, 0.5) is 0 Å². The van der Waals surface area contributed by atoms with Gasteiger partial charge in [0.25, 0.3) is 11.8 Å². The third-order valence-electron chi connectivity index (χ3n) is 7.41. The van der Waals surface area contributed by atoms with Gasteiger partial charge in [-0.05, 0) is 49.9 Å². The number of carbonyl (C=O) groups excluding carboxylic acids is 2. The fourth-order valence-corrected chi connectivity index (χ4v) is 6.61. The van der Waals surface area contributed by atoms with Crippen molar-refractivity contribution in [2.24, 2.45) is 0 Å². The van der Waals surface area contributed by atoms with E-state index >= 15 is 0 Å².